The maximum Gasteiger partial charge on any atom is 0.244 e. The smallest absolute Gasteiger partial charge is 0.244 e. The lowest BCUT2D eigenvalue weighted by Gasteiger charge is -2.15. The first-order valence-corrected chi connectivity index (χ1v) is 7.21. The van der Waals surface area contributed by atoms with Gasteiger partial charge in [0, 0.05) is 24.2 Å². The number of carbonyl (C=O) groups is 1. The maximum absolute atomic E-state index is 11.9. The number of nitrogens with zero attached hydrogens (tertiary/aromatic N) is 1. The second-order valence-electron chi connectivity index (χ2n) is 5.45. The molecule has 1 aliphatic carbocycles. The summed E-state index contributed by atoms with van der Waals surface area (Å²) in [6.07, 6.45) is 7.27. The van der Waals surface area contributed by atoms with Gasteiger partial charge in [0.05, 0.1) is 5.69 Å². The number of benzene rings is 1. The molecule has 0 unspecified atom stereocenters. The maximum atomic E-state index is 11.9. The lowest BCUT2D eigenvalue weighted by atomic mass is 9.96. The van der Waals surface area contributed by atoms with Crippen molar-refractivity contribution in [1.82, 2.24) is 10.3 Å². The summed E-state index contributed by atoms with van der Waals surface area (Å²) in [4.78, 5) is 16.0. The molecule has 1 saturated carbocycles. The monoisotopic (exact) mass is 278 g/mol. The second-order valence-corrected chi connectivity index (χ2v) is 5.45. The van der Waals surface area contributed by atoms with Gasteiger partial charge in [0.2, 0.25) is 5.91 Å². The molecule has 106 valence electrons. The molecule has 21 heavy (non-hydrogen) atoms. The van der Waals surface area contributed by atoms with Crippen molar-refractivity contribution >= 4 is 12.0 Å². The normalized spacial score (nSPS) is 15.8. The fourth-order valence-electron chi connectivity index (χ4n) is 2.46. The Bertz CT molecular complexity index is 631. The van der Waals surface area contributed by atoms with Crippen LogP contribution in [-0.2, 0) is 10.2 Å². The predicted molar refractivity (Wildman–Crippen MR) is 83.6 cm³/mol. The van der Waals surface area contributed by atoms with Crippen LogP contribution < -0.4 is 5.32 Å². The Morgan fingerprint density at radius 1 is 1.14 bits per heavy atom. The van der Waals surface area contributed by atoms with E-state index in [0.717, 1.165) is 18.5 Å². The van der Waals surface area contributed by atoms with E-state index in [-0.39, 0.29) is 11.3 Å². The molecule has 1 heterocycles. The van der Waals surface area contributed by atoms with Crippen molar-refractivity contribution in [2.45, 2.75) is 18.3 Å². The SMILES string of the molecule is O=C(C=Cc1ccccn1)NCC1(c2ccccc2)CC1. The molecule has 0 atom stereocenters. The minimum atomic E-state index is -0.0668. The summed E-state index contributed by atoms with van der Waals surface area (Å²) in [7, 11) is 0. The van der Waals surface area contributed by atoms with Crippen molar-refractivity contribution in [2.24, 2.45) is 0 Å². The van der Waals surface area contributed by atoms with Crippen molar-refractivity contribution in [3.8, 4) is 0 Å². The number of hydrogen-bond acceptors (Lipinski definition) is 2. The number of pyridine rings is 1. The number of hydrogen-bond donors (Lipinski definition) is 1. The van der Waals surface area contributed by atoms with Crippen LogP contribution in [0.5, 0.6) is 0 Å². The molecule has 0 bridgehead atoms. The number of aromatic nitrogens is 1. The van der Waals surface area contributed by atoms with Crippen LogP contribution in [0.2, 0.25) is 0 Å². The minimum Gasteiger partial charge on any atom is -0.352 e. The van der Waals surface area contributed by atoms with Crippen molar-refractivity contribution in [3.05, 3.63) is 72.1 Å². The van der Waals surface area contributed by atoms with E-state index in [1.165, 1.54) is 5.56 Å². The Kier molecular flexibility index (Phi) is 3.82. The molecule has 0 spiro atoms. The van der Waals surface area contributed by atoms with E-state index in [4.69, 9.17) is 0 Å². The molecule has 1 aliphatic rings. The van der Waals surface area contributed by atoms with Crippen LogP contribution in [0.1, 0.15) is 24.1 Å². The lowest BCUT2D eigenvalue weighted by molar-refractivity contribution is -0.116. The van der Waals surface area contributed by atoms with Gasteiger partial charge in [-0.15, -0.1) is 0 Å². The third kappa shape index (κ3) is 3.37. The molecule has 1 aromatic heterocycles. The van der Waals surface area contributed by atoms with E-state index < -0.39 is 0 Å². The first-order valence-electron chi connectivity index (χ1n) is 7.21. The van der Waals surface area contributed by atoms with E-state index in [0.29, 0.717) is 6.54 Å². The molecule has 3 nitrogen and oxygen atoms in total. The van der Waals surface area contributed by atoms with E-state index in [1.807, 2.05) is 24.3 Å². The number of nitrogens with one attached hydrogen (secondary N) is 1. The fraction of sp³-hybridized carbons (Fsp3) is 0.222. The molecule has 1 amide bonds. The summed E-state index contributed by atoms with van der Waals surface area (Å²) in [6, 6.07) is 16.0. The Balaban J connectivity index is 1.56. The van der Waals surface area contributed by atoms with Crippen LogP contribution in [0, 0.1) is 0 Å². The highest BCUT2D eigenvalue weighted by molar-refractivity contribution is 5.91. The van der Waals surface area contributed by atoms with Crippen molar-refractivity contribution in [3.63, 3.8) is 0 Å². The molecule has 0 saturated heterocycles. The zero-order chi connectivity index (χ0) is 14.5. The van der Waals surface area contributed by atoms with Crippen LogP contribution in [0.25, 0.3) is 6.08 Å². The standard InChI is InChI=1S/C18H18N2O/c21-17(10-9-16-8-4-5-13-19-16)20-14-18(11-12-18)15-6-2-1-3-7-15/h1-10,13H,11-12,14H2,(H,20,21). The van der Waals surface area contributed by atoms with Crippen LogP contribution in [0.4, 0.5) is 0 Å². The largest absolute Gasteiger partial charge is 0.352 e. The van der Waals surface area contributed by atoms with Gasteiger partial charge in [-0.1, -0.05) is 36.4 Å². The average molecular weight is 278 g/mol. The minimum absolute atomic E-state index is 0.0668. The van der Waals surface area contributed by atoms with Crippen molar-refractivity contribution in [1.29, 1.82) is 0 Å². The second kappa shape index (κ2) is 5.92. The van der Waals surface area contributed by atoms with Crippen LogP contribution in [0.3, 0.4) is 0 Å². The molecule has 1 fully saturated rings. The molecule has 0 radical (unpaired) electrons. The predicted octanol–water partition coefficient (Wildman–Crippen LogP) is 2.94. The van der Waals surface area contributed by atoms with E-state index >= 15 is 0 Å². The molecule has 3 heteroatoms. The third-order valence-electron chi connectivity index (χ3n) is 3.93. The Morgan fingerprint density at radius 3 is 2.57 bits per heavy atom. The van der Waals surface area contributed by atoms with Crippen molar-refractivity contribution in [2.75, 3.05) is 6.54 Å². The molecular weight excluding hydrogens is 260 g/mol. The third-order valence-corrected chi connectivity index (χ3v) is 3.93. The van der Waals surface area contributed by atoms with Crippen LogP contribution in [0.15, 0.2) is 60.8 Å². The topological polar surface area (TPSA) is 42.0 Å². The fourth-order valence-corrected chi connectivity index (χ4v) is 2.46. The zero-order valence-electron chi connectivity index (χ0n) is 11.8. The van der Waals surface area contributed by atoms with Crippen molar-refractivity contribution < 1.29 is 4.79 Å². The van der Waals surface area contributed by atoms with E-state index in [9.17, 15) is 4.79 Å². The Hall–Kier alpha value is -2.42. The first kappa shape index (κ1) is 13.6. The van der Waals surface area contributed by atoms with Gasteiger partial charge in [-0.25, -0.2) is 0 Å². The molecular formula is C18H18N2O. The van der Waals surface area contributed by atoms with Gasteiger partial charge in [0.15, 0.2) is 0 Å². The Morgan fingerprint density at radius 2 is 1.90 bits per heavy atom. The van der Waals surface area contributed by atoms with Gasteiger partial charge in [-0.2, -0.15) is 0 Å². The molecule has 2 aromatic rings. The van der Waals surface area contributed by atoms with Crippen LogP contribution in [-0.4, -0.2) is 17.4 Å². The molecule has 1 aromatic carbocycles. The number of rotatable bonds is 5. The Labute approximate surface area is 124 Å². The summed E-state index contributed by atoms with van der Waals surface area (Å²) >= 11 is 0. The summed E-state index contributed by atoms with van der Waals surface area (Å²) in [6.45, 7) is 0.697. The number of amides is 1. The van der Waals surface area contributed by atoms with Gasteiger partial charge in [0.1, 0.15) is 0 Å². The van der Waals surface area contributed by atoms with Gasteiger partial charge < -0.3 is 5.32 Å². The molecule has 3 rings (SSSR count). The zero-order valence-corrected chi connectivity index (χ0v) is 11.8. The summed E-state index contributed by atoms with van der Waals surface area (Å²) in [5.41, 5.74) is 2.26. The quantitative estimate of drug-likeness (QED) is 0.854. The summed E-state index contributed by atoms with van der Waals surface area (Å²) in [5.74, 6) is -0.0668. The molecule has 1 N–H and O–H groups in total. The van der Waals surface area contributed by atoms with Gasteiger partial charge in [-0.3, -0.25) is 9.78 Å². The number of carbonyl (C=O) groups excluding carboxylic acids is 1. The lowest BCUT2D eigenvalue weighted by Crippen LogP contribution is -2.30. The summed E-state index contributed by atoms with van der Waals surface area (Å²) < 4.78 is 0. The highest BCUT2D eigenvalue weighted by Gasteiger charge is 2.43. The molecule has 0 aliphatic heterocycles. The highest BCUT2D eigenvalue weighted by Crippen LogP contribution is 2.47. The van der Waals surface area contributed by atoms with Gasteiger partial charge >= 0.3 is 0 Å². The van der Waals surface area contributed by atoms with Gasteiger partial charge in [-0.05, 0) is 36.6 Å². The van der Waals surface area contributed by atoms with Gasteiger partial charge in [0.25, 0.3) is 0 Å². The van der Waals surface area contributed by atoms with E-state index in [1.54, 1.807) is 18.3 Å². The average Bonchev–Trinajstić information content (AvgIpc) is 3.34. The van der Waals surface area contributed by atoms with E-state index in [2.05, 4.69) is 34.6 Å². The van der Waals surface area contributed by atoms with Crippen LogP contribution >= 0.6 is 0 Å². The first-order chi connectivity index (χ1) is 10.3. The highest BCUT2D eigenvalue weighted by atomic mass is 16.1. The summed E-state index contributed by atoms with van der Waals surface area (Å²) in [5, 5.41) is 3.00.